The van der Waals surface area contributed by atoms with Crippen LogP contribution in [0.25, 0.3) is 0 Å². The van der Waals surface area contributed by atoms with E-state index in [1.807, 2.05) is 0 Å². The van der Waals surface area contributed by atoms with E-state index in [9.17, 15) is 27.2 Å². The number of piperidine rings is 1. The van der Waals surface area contributed by atoms with Crippen LogP contribution in [-0.2, 0) is 11.0 Å². The molecule has 10 heteroatoms. The molecule has 0 radical (unpaired) electrons. The quantitative estimate of drug-likeness (QED) is 0.765. The Morgan fingerprint density at radius 3 is 2.62 bits per heavy atom. The Morgan fingerprint density at radius 1 is 1.31 bits per heavy atom. The minimum absolute atomic E-state index is 0. The molecule has 1 aliphatic heterocycles. The van der Waals surface area contributed by atoms with Gasteiger partial charge in [-0.15, -0.1) is 12.4 Å². The number of likely N-dealkylation sites (tertiary alicyclic amines) is 1. The van der Waals surface area contributed by atoms with Crippen molar-refractivity contribution in [3.8, 4) is 0 Å². The normalized spacial score (nSPS) is 17.4. The van der Waals surface area contributed by atoms with Crippen molar-refractivity contribution in [2.75, 3.05) is 26.2 Å². The fraction of sp³-hybridized carbons (Fsp3) is 0.500. The average molecular weight is 398 g/mol. The number of nitrogens with one attached hydrogen (secondary N) is 1. The second-order valence-corrected chi connectivity index (χ2v) is 5.86. The summed E-state index contributed by atoms with van der Waals surface area (Å²) in [6.45, 7) is 1.04. The predicted octanol–water partition coefficient (Wildman–Crippen LogP) is 2.19. The standard InChI is InChI=1S/C16H19F4N3O2.ClH/c17-13-4-3-10(8-12(13)16(18,19)20)15(25)23-7-1-2-11(9-23)14(24)22-6-5-21;/h3-4,8,11H,1-2,5-7,9,21H2,(H,22,24);1H. The number of halogens is 5. The van der Waals surface area contributed by atoms with E-state index in [0.29, 0.717) is 38.1 Å². The number of hydrogen-bond donors (Lipinski definition) is 2. The Labute approximate surface area is 154 Å². The molecule has 0 aliphatic carbocycles. The van der Waals surface area contributed by atoms with Crippen LogP contribution in [0.15, 0.2) is 18.2 Å². The molecule has 1 aliphatic rings. The van der Waals surface area contributed by atoms with Gasteiger partial charge >= 0.3 is 6.18 Å². The maximum Gasteiger partial charge on any atom is 0.419 e. The number of hydrogen-bond acceptors (Lipinski definition) is 3. The van der Waals surface area contributed by atoms with Crippen molar-refractivity contribution in [3.63, 3.8) is 0 Å². The molecule has 1 heterocycles. The molecule has 26 heavy (non-hydrogen) atoms. The summed E-state index contributed by atoms with van der Waals surface area (Å²) >= 11 is 0. The van der Waals surface area contributed by atoms with Gasteiger partial charge in [0.05, 0.1) is 11.5 Å². The first-order chi connectivity index (χ1) is 11.7. The topological polar surface area (TPSA) is 75.4 Å². The van der Waals surface area contributed by atoms with Gasteiger partial charge in [0.1, 0.15) is 5.82 Å². The zero-order valence-corrected chi connectivity index (χ0v) is 14.6. The Kier molecular flexibility index (Phi) is 7.83. The summed E-state index contributed by atoms with van der Waals surface area (Å²) in [7, 11) is 0. The number of alkyl halides is 3. The predicted molar refractivity (Wildman–Crippen MR) is 89.3 cm³/mol. The van der Waals surface area contributed by atoms with Gasteiger partial charge in [-0.2, -0.15) is 13.2 Å². The monoisotopic (exact) mass is 397 g/mol. The Hall–Kier alpha value is -1.87. The van der Waals surface area contributed by atoms with Gasteiger partial charge in [0.2, 0.25) is 5.91 Å². The molecule has 1 saturated heterocycles. The average Bonchev–Trinajstić information content (AvgIpc) is 2.58. The van der Waals surface area contributed by atoms with Crippen molar-refractivity contribution < 1.29 is 27.2 Å². The van der Waals surface area contributed by atoms with E-state index in [0.717, 1.165) is 6.07 Å². The Balaban J connectivity index is 0.00000338. The van der Waals surface area contributed by atoms with E-state index in [-0.39, 0.29) is 37.0 Å². The minimum atomic E-state index is -4.88. The van der Waals surface area contributed by atoms with E-state index in [1.165, 1.54) is 4.90 Å². The lowest BCUT2D eigenvalue weighted by atomic mass is 9.96. The molecule has 0 bridgehead atoms. The Morgan fingerprint density at radius 2 is 2.00 bits per heavy atom. The second kappa shape index (κ2) is 9.18. The van der Waals surface area contributed by atoms with Crippen molar-refractivity contribution >= 4 is 24.2 Å². The van der Waals surface area contributed by atoms with E-state index in [2.05, 4.69) is 5.32 Å². The van der Waals surface area contributed by atoms with Gasteiger partial charge < -0.3 is 16.0 Å². The van der Waals surface area contributed by atoms with Crippen LogP contribution in [0, 0.1) is 11.7 Å². The number of carbonyl (C=O) groups is 2. The molecule has 3 N–H and O–H groups in total. The SMILES string of the molecule is Cl.NCCNC(=O)C1CCCN(C(=O)c2ccc(F)c(C(F)(F)F)c2)C1. The molecular weight excluding hydrogens is 378 g/mol. The molecule has 0 aromatic heterocycles. The first-order valence-electron chi connectivity index (χ1n) is 7.88. The molecule has 5 nitrogen and oxygen atoms in total. The summed E-state index contributed by atoms with van der Waals surface area (Å²) in [6, 6.07) is 2.16. The van der Waals surface area contributed by atoms with Crippen LogP contribution in [0.5, 0.6) is 0 Å². The van der Waals surface area contributed by atoms with Gasteiger partial charge in [0.15, 0.2) is 0 Å². The number of carbonyl (C=O) groups excluding carboxylic acids is 2. The molecule has 2 amide bonds. The summed E-state index contributed by atoms with van der Waals surface area (Å²) < 4.78 is 51.7. The summed E-state index contributed by atoms with van der Waals surface area (Å²) in [6.07, 6.45) is -3.75. The third-order valence-electron chi connectivity index (χ3n) is 4.04. The van der Waals surface area contributed by atoms with E-state index < -0.39 is 29.4 Å². The van der Waals surface area contributed by atoms with Gasteiger partial charge in [-0.05, 0) is 31.0 Å². The zero-order chi connectivity index (χ0) is 18.6. The van der Waals surface area contributed by atoms with Crippen LogP contribution < -0.4 is 11.1 Å². The molecule has 1 unspecified atom stereocenters. The van der Waals surface area contributed by atoms with E-state index in [4.69, 9.17) is 5.73 Å². The van der Waals surface area contributed by atoms with Crippen LogP contribution in [0.1, 0.15) is 28.8 Å². The maximum atomic E-state index is 13.3. The highest BCUT2D eigenvalue weighted by atomic mass is 35.5. The van der Waals surface area contributed by atoms with Gasteiger partial charge in [-0.3, -0.25) is 9.59 Å². The fourth-order valence-electron chi connectivity index (χ4n) is 2.77. The third kappa shape index (κ3) is 5.31. The lowest BCUT2D eigenvalue weighted by Gasteiger charge is -2.32. The number of nitrogens with two attached hydrogens (primary N) is 1. The lowest BCUT2D eigenvalue weighted by Crippen LogP contribution is -2.46. The largest absolute Gasteiger partial charge is 0.419 e. The summed E-state index contributed by atoms with van der Waals surface area (Å²) in [5.41, 5.74) is 3.59. The van der Waals surface area contributed by atoms with Crippen LogP contribution in [0.2, 0.25) is 0 Å². The molecule has 1 aromatic carbocycles. The van der Waals surface area contributed by atoms with Crippen molar-refractivity contribution in [1.29, 1.82) is 0 Å². The zero-order valence-electron chi connectivity index (χ0n) is 13.8. The van der Waals surface area contributed by atoms with Crippen LogP contribution >= 0.6 is 12.4 Å². The molecule has 1 fully saturated rings. The number of nitrogens with zero attached hydrogens (tertiary/aromatic N) is 1. The highest BCUT2D eigenvalue weighted by molar-refractivity contribution is 5.95. The smallest absolute Gasteiger partial charge is 0.355 e. The van der Waals surface area contributed by atoms with Crippen molar-refractivity contribution in [2.45, 2.75) is 19.0 Å². The third-order valence-corrected chi connectivity index (χ3v) is 4.04. The highest BCUT2D eigenvalue weighted by Gasteiger charge is 2.35. The Bertz CT molecular complexity index is 655. The number of amides is 2. The molecule has 146 valence electrons. The maximum absolute atomic E-state index is 13.3. The highest BCUT2D eigenvalue weighted by Crippen LogP contribution is 2.32. The van der Waals surface area contributed by atoms with Crippen LogP contribution in [0.3, 0.4) is 0 Å². The van der Waals surface area contributed by atoms with Crippen LogP contribution in [0.4, 0.5) is 17.6 Å². The summed E-state index contributed by atoms with van der Waals surface area (Å²) in [5, 5.41) is 2.64. The molecule has 0 saturated carbocycles. The van der Waals surface area contributed by atoms with E-state index >= 15 is 0 Å². The van der Waals surface area contributed by atoms with Gasteiger partial charge in [0.25, 0.3) is 5.91 Å². The van der Waals surface area contributed by atoms with Crippen LogP contribution in [-0.4, -0.2) is 42.9 Å². The molecular formula is C16H20ClF4N3O2. The summed E-state index contributed by atoms with van der Waals surface area (Å²) in [5.74, 6) is -2.76. The fourth-order valence-corrected chi connectivity index (χ4v) is 2.77. The molecule has 1 aromatic rings. The lowest BCUT2D eigenvalue weighted by molar-refractivity contribution is -0.140. The van der Waals surface area contributed by atoms with E-state index in [1.54, 1.807) is 0 Å². The van der Waals surface area contributed by atoms with Gasteiger partial charge in [-0.25, -0.2) is 4.39 Å². The number of rotatable bonds is 4. The van der Waals surface area contributed by atoms with Gasteiger partial charge in [-0.1, -0.05) is 0 Å². The minimum Gasteiger partial charge on any atom is -0.355 e. The molecule has 2 rings (SSSR count). The first kappa shape index (κ1) is 22.2. The first-order valence-corrected chi connectivity index (χ1v) is 7.88. The number of benzene rings is 1. The van der Waals surface area contributed by atoms with Crippen molar-refractivity contribution in [3.05, 3.63) is 35.1 Å². The van der Waals surface area contributed by atoms with Crippen molar-refractivity contribution in [1.82, 2.24) is 10.2 Å². The van der Waals surface area contributed by atoms with Gasteiger partial charge in [0, 0.05) is 31.7 Å². The molecule has 1 atom stereocenters. The second-order valence-electron chi connectivity index (χ2n) is 5.86. The summed E-state index contributed by atoms with van der Waals surface area (Å²) in [4.78, 5) is 25.8. The van der Waals surface area contributed by atoms with Crippen molar-refractivity contribution in [2.24, 2.45) is 11.7 Å². The molecule has 0 spiro atoms.